The average Bonchev–Trinajstić information content (AvgIpc) is 2.52. The lowest BCUT2D eigenvalue weighted by molar-refractivity contribution is -0.274. The van der Waals surface area contributed by atoms with E-state index in [2.05, 4.69) is 9.72 Å². The van der Waals surface area contributed by atoms with Crippen molar-refractivity contribution in [2.75, 3.05) is 7.05 Å². The minimum Gasteiger partial charge on any atom is -0.406 e. The maximum atomic E-state index is 12.3. The molecule has 0 unspecified atom stereocenters. The van der Waals surface area contributed by atoms with Gasteiger partial charge in [-0.05, 0) is 38.1 Å². The topological polar surface area (TPSA) is 42.4 Å². The van der Waals surface area contributed by atoms with Crippen LogP contribution in [0.1, 0.15) is 24.2 Å². The number of aromatic nitrogens is 1. The molecule has 128 valence electrons. The molecule has 2 rings (SSSR count). The Balaban J connectivity index is 2.22. The number of amides is 1. The van der Waals surface area contributed by atoms with E-state index in [4.69, 9.17) is 0 Å². The van der Waals surface area contributed by atoms with Crippen LogP contribution in [0.4, 0.5) is 13.2 Å². The second-order valence-corrected chi connectivity index (χ2v) is 5.52. The molecule has 0 atom stereocenters. The zero-order chi connectivity index (χ0) is 17.9. The van der Waals surface area contributed by atoms with Gasteiger partial charge >= 0.3 is 6.36 Å². The molecule has 0 bridgehead atoms. The van der Waals surface area contributed by atoms with E-state index in [-0.39, 0.29) is 17.7 Å². The van der Waals surface area contributed by atoms with Crippen molar-refractivity contribution in [2.45, 2.75) is 26.3 Å². The highest BCUT2D eigenvalue weighted by molar-refractivity contribution is 5.94. The van der Waals surface area contributed by atoms with E-state index >= 15 is 0 Å². The van der Waals surface area contributed by atoms with Gasteiger partial charge in [-0.25, -0.2) is 0 Å². The first-order valence-corrected chi connectivity index (χ1v) is 7.27. The first-order valence-electron chi connectivity index (χ1n) is 7.27. The van der Waals surface area contributed by atoms with Crippen LogP contribution in [0.3, 0.4) is 0 Å². The summed E-state index contributed by atoms with van der Waals surface area (Å²) >= 11 is 0. The standard InChI is InChI=1S/C17H17F3N2O2/c1-11(2)22(3)16(23)13-7-8-15(21-10-13)12-5-4-6-14(9-12)24-17(18,19)20/h4-11H,1-3H3. The molecule has 0 N–H and O–H groups in total. The van der Waals surface area contributed by atoms with Crippen LogP contribution in [0.25, 0.3) is 11.3 Å². The van der Waals surface area contributed by atoms with Gasteiger partial charge in [0, 0.05) is 24.8 Å². The number of carbonyl (C=O) groups excluding carboxylic acids is 1. The molecule has 0 radical (unpaired) electrons. The number of halogens is 3. The van der Waals surface area contributed by atoms with E-state index in [9.17, 15) is 18.0 Å². The van der Waals surface area contributed by atoms with Gasteiger partial charge in [0.05, 0.1) is 11.3 Å². The minimum absolute atomic E-state index is 0.0494. The molecule has 0 aliphatic carbocycles. The summed E-state index contributed by atoms with van der Waals surface area (Å²) in [5, 5.41) is 0. The van der Waals surface area contributed by atoms with Gasteiger partial charge in [-0.15, -0.1) is 13.2 Å². The van der Waals surface area contributed by atoms with Gasteiger partial charge in [-0.2, -0.15) is 0 Å². The number of ether oxygens (including phenoxy) is 1. The SMILES string of the molecule is CC(C)N(C)C(=O)c1ccc(-c2cccc(OC(F)(F)F)c2)nc1. The molecule has 0 aliphatic heterocycles. The molecule has 24 heavy (non-hydrogen) atoms. The van der Waals surface area contributed by atoms with E-state index in [1.807, 2.05) is 13.8 Å². The minimum atomic E-state index is -4.75. The van der Waals surface area contributed by atoms with E-state index in [1.165, 1.54) is 24.4 Å². The number of alkyl halides is 3. The molecule has 0 saturated carbocycles. The highest BCUT2D eigenvalue weighted by Gasteiger charge is 2.31. The molecule has 1 aromatic heterocycles. The van der Waals surface area contributed by atoms with Crippen molar-refractivity contribution in [1.29, 1.82) is 0 Å². The van der Waals surface area contributed by atoms with Gasteiger partial charge in [0.1, 0.15) is 5.75 Å². The monoisotopic (exact) mass is 338 g/mol. The van der Waals surface area contributed by atoms with E-state index in [1.54, 1.807) is 30.1 Å². The third-order valence-electron chi connectivity index (χ3n) is 3.47. The fraction of sp³-hybridized carbons (Fsp3) is 0.294. The summed E-state index contributed by atoms with van der Waals surface area (Å²) in [6.45, 7) is 3.79. The summed E-state index contributed by atoms with van der Waals surface area (Å²) in [7, 11) is 1.69. The highest BCUT2D eigenvalue weighted by atomic mass is 19.4. The number of hydrogen-bond donors (Lipinski definition) is 0. The van der Waals surface area contributed by atoms with Gasteiger partial charge in [-0.3, -0.25) is 9.78 Å². The van der Waals surface area contributed by atoms with Gasteiger partial charge < -0.3 is 9.64 Å². The van der Waals surface area contributed by atoms with Crippen molar-refractivity contribution in [3.05, 3.63) is 48.2 Å². The largest absolute Gasteiger partial charge is 0.573 e. The Hall–Kier alpha value is -2.57. The summed E-state index contributed by atoms with van der Waals surface area (Å²) in [6, 6.07) is 8.77. The van der Waals surface area contributed by atoms with Crippen LogP contribution in [-0.2, 0) is 0 Å². The number of pyridine rings is 1. The first kappa shape index (κ1) is 17.8. The average molecular weight is 338 g/mol. The zero-order valence-electron chi connectivity index (χ0n) is 13.5. The molecule has 0 aliphatic rings. The van der Waals surface area contributed by atoms with Crippen molar-refractivity contribution >= 4 is 5.91 Å². The van der Waals surface area contributed by atoms with Crippen LogP contribution in [0.15, 0.2) is 42.6 Å². The van der Waals surface area contributed by atoms with Crippen LogP contribution < -0.4 is 4.74 Å². The molecule has 1 aromatic carbocycles. The number of hydrogen-bond acceptors (Lipinski definition) is 3. The van der Waals surface area contributed by atoms with Crippen LogP contribution >= 0.6 is 0 Å². The lowest BCUT2D eigenvalue weighted by Crippen LogP contribution is -2.33. The molecule has 0 fully saturated rings. The second kappa shape index (κ2) is 6.90. The molecule has 2 aromatic rings. The molecule has 1 heterocycles. The Bertz CT molecular complexity index is 713. The van der Waals surface area contributed by atoms with Crippen LogP contribution in [0, 0.1) is 0 Å². The number of carbonyl (C=O) groups is 1. The van der Waals surface area contributed by atoms with Crippen molar-refractivity contribution < 1.29 is 22.7 Å². The third kappa shape index (κ3) is 4.47. The van der Waals surface area contributed by atoms with Gasteiger partial charge in [-0.1, -0.05) is 12.1 Å². The Morgan fingerprint density at radius 1 is 1.21 bits per heavy atom. The predicted molar refractivity (Wildman–Crippen MR) is 83.6 cm³/mol. The molecule has 1 amide bonds. The normalized spacial score (nSPS) is 11.5. The number of rotatable bonds is 4. The Morgan fingerprint density at radius 2 is 1.92 bits per heavy atom. The van der Waals surface area contributed by atoms with Crippen molar-refractivity contribution in [2.24, 2.45) is 0 Å². The summed E-state index contributed by atoms with van der Waals surface area (Å²) in [4.78, 5) is 17.9. The van der Waals surface area contributed by atoms with E-state index in [0.717, 1.165) is 0 Å². The van der Waals surface area contributed by atoms with E-state index < -0.39 is 6.36 Å². The lowest BCUT2D eigenvalue weighted by Gasteiger charge is -2.21. The van der Waals surface area contributed by atoms with E-state index in [0.29, 0.717) is 16.8 Å². The predicted octanol–water partition coefficient (Wildman–Crippen LogP) is 4.13. The summed E-state index contributed by atoms with van der Waals surface area (Å²) in [5.41, 5.74) is 1.33. The molecular weight excluding hydrogens is 321 g/mol. The first-order chi connectivity index (χ1) is 11.2. The van der Waals surface area contributed by atoms with Crippen LogP contribution in [0.5, 0.6) is 5.75 Å². The van der Waals surface area contributed by atoms with Crippen LogP contribution in [-0.4, -0.2) is 35.2 Å². The summed E-state index contributed by atoms with van der Waals surface area (Å²) in [6.07, 6.45) is -3.34. The lowest BCUT2D eigenvalue weighted by atomic mass is 10.1. The quantitative estimate of drug-likeness (QED) is 0.842. The fourth-order valence-corrected chi connectivity index (χ4v) is 1.98. The van der Waals surface area contributed by atoms with Crippen molar-refractivity contribution in [3.63, 3.8) is 0 Å². The third-order valence-corrected chi connectivity index (χ3v) is 3.47. The second-order valence-electron chi connectivity index (χ2n) is 5.52. The van der Waals surface area contributed by atoms with Crippen LogP contribution in [0.2, 0.25) is 0 Å². The maximum Gasteiger partial charge on any atom is 0.573 e. The van der Waals surface area contributed by atoms with Gasteiger partial charge in [0.2, 0.25) is 0 Å². The molecular formula is C17H17F3N2O2. The molecule has 4 nitrogen and oxygen atoms in total. The van der Waals surface area contributed by atoms with Gasteiger partial charge in [0.25, 0.3) is 5.91 Å². The zero-order valence-corrected chi connectivity index (χ0v) is 13.5. The highest BCUT2D eigenvalue weighted by Crippen LogP contribution is 2.27. The Morgan fingerprint density at radius 3 is 2.46 bits per heavy atom. The number of benzene rings is 1. The summed E-state index contributed by atoms with van der Waals surface area (Å²) < 4.78 is 40.7. The molecule has 7 heteroatoms. The maximum absolute atomic E-state index is 12.3. The summed E-state index contributed by atoms with van der Waals surface area (Å²) in [5.74, 6) is -0.486. The molecule has 0 saturated heterocycles. The molecule has 0 spiro atoms. The smallest absolute Gasteiger partial charge is 0.406 e. The fourth-order valence-electron chi connectivity index (χ4n) is 1.98. The van der Waals surface area contributed by atoms with Crippen molar-refractivity contribution in [3.8, 4) is 17.0 Å². The Kier molecular flexibility index (Phi) is 5.11. The Labute approximate surface area is 137 Å². The van der Waals surface area contributed by atoms with Crippen molar-refractivity contribution in [1.82, 2.24) is 9.88 Å². The van der Waals surface area contributed by atoms with Gasteiger partial charge in [0.15, 0.2) is 0 Å². The number of nitrogens with zero attached hydrogens (tertiary/aromatic N) is 2.